The maximum absolute atomic E-state index is 13.3. The van der Waals surface area contributed by atoms with Crippen molar-refractivity contribution in [3.05, 3.63) is 218 Å². The van der Waals surface area contributed by atoms with Gasteiger partial charge in [0.05, 0.1) is 25.3 Å². The van der Waals surface area contributed by atoms with Crippen LogP contribution in [0.25, 0.3) is 0 Å². The number of aromatic amines is 1. The lowest BCUT2D eigenvalue weighted by Crippen LogP contribution is -2.39. The minimum absolute atomic E-state index is 0.0201. The number of ether oxygens (including phenoxy) is 4. The predicted octanol–water partition coefficient (Wildman–Crippen LogP) is 8.05. The molecule has 0 bridgehead atoms. The molecule has 7 aromatic rings. The van der Waals surface area contributed by atoms with E-state index in [2.05, 4.69) is 33.9 Å². The van der Waals surface area contributed by atoms with Gasteiger partial charge in [0.1, 0.15) is 40.9 Å². The van der Waals surface area contributed by atoms with E-state index in [1.165, 1.54) is 10.8 Å². The number of hydrogen-bond acceptors (Lipinski definition) is 8. The van der Waals surface area contributed by atoms with Crippen molar-refractivity contribution in [2.75, 3.05) is 18.1 Å². The van der Waals surface area contributed by atoms with Crippen LogP contribution >= 0.6 is 0 Å². The van der Waals surface area contributed by atoms with Gasteiger partial charge in [-0.2, -0.15) is 0 Å². The molecule has 10 heteroatoms. The summed E-state index contributed by atoms with van der Waals surface area (Å²) in [5.74, 6) is 9.12. The summed E-state index contributed by atoms with van der Waals surface area (Å²) in [6, 6.07) is 51.0. The second kappa shape index (κ2) is 15.5. The highest BCUT2D eigenvalue weighted by Gasteiger charge is 2.47. The molecule has 3 aliphatic heterocycles. The van der Waals surface area contributed by atoms with E-state index < -0.39 is 35.3 Å². The van der Waals surface area contributed by atoms with E-state index in [9.17, 15) is 14.7 Å². The average Bonchev–Trinajstić information content (AvgIpc) is 3.66. The van der Waals surface area contributed by atoms with E-state index in [0.29, 0.717) is 11.5 Å². The maximum atomic E-state index is 13.3. The number of aromatic nitrogens is 2. The van der Waals surface area contributed by atoms with Crippen molar-refractivity contribution < 1.29 is 24.1 Å². The lowest BCUT2D eigenvalue weighted by atomic mass is 9.77. The Hall–Kier alpha value is -7.16. The van der Waals surface area contributed by atoms with Gasteiger partial charge in [0, 0.05) is 40.6 Å². The van der Waals surface area contributed by atoms with Gasteiger partial charge in [0.2, 0.25) is 0 Å². The number of benzene rings is 6. The zero-order valence-electron chi connectivity index (χ0n) is 32.3. The van der Waals surface area contributed by atoms with Crippen LogP contribution in [0.2, 0.25) is 0 Å². The van der Waals surface area contributed by atoms with Crippen LogP contribution in [0.15, 0.2) is 174 Å². The minimum Gasteiger partial charge on any atom is -0.457 e. The summed E-state index contributed by atoms with van der Waals surface area (Å²) in [5, 5.41) is 11.4. The van der Waals surface area contributed by atoms with Crippen LogP contribution < -0.4 is 25.6 Å². The number of fused-ring (bicyclic) bond motifs is 4. The molecule has 0 spiro atoms. The normalized spacial score (nSPS) is 18.3. The predicted molar refractivity (Wildman–Crippen MR) is 227 cm³/mol. The number of rotatable bonds is 8. The average molecular weight is 794 g/mol. The fourth-order valence-electron chi connectivity index (χ4n) is 8.60. The summed E-state index contributed by atoms with van der Waals surface area (Å²) < 4.78 is 27.3. The Morgan fingerprint density at radius 3 is 1.92 bits per heavy atom. The molecule has 1 saturated heterocycles. The van der Waals surface area contributed by atoms with E-state index in [4.69, 9.17) is 18.9 Å². The number of nitrogens with one attached hydrogen (secondary N) is 1. The van der Waals surface area contributed by atoms with E-state index in [1.807, 2.05) is 146 Å². The summed E-state index contributed by atoms with van der Waals surface area (Å²) >= 11 is 0. The van der Waals surface area contributed by atoms with Gasteiger partial charge in [-0.15, -0.1) is 0 Å². The van der Waals surface area contributed by atoms with Gasteiger partial charge in [-0.1, -0.05) is 133 Å². The van der Waals surface area contributed by atoms with Crippen molar-refractivity contribution >= 4 is 5.69 Å². The molecule has 10 rings (SSSR count). The molecule has 1 fully saturated rings. The zero-order chi connectivity index (χ0) is 40.6. The van der Waals surface area contributed by atoms with Crippen molar-refractivity contribution in [1.29, 1.82) is 0 Å². The lowest BCUT2D eigenvalue weighted by molar-refractivity contribution is -0.0961. The van der Waals surface area contributed by atoms with E-state index >= 15 is 0 Å². The van der Waals surface area contributed by atoms with Crippen molar-refractivity contribution in [1.82, 2.24) is 9.55 Å². The number of anilines is 1. The number of aliphatic hydroxyl groups is 1. The molecule has 10 nitrogen and oxygen atoms in total. The molecule has 3 aliphatic rings. The van der Waals surface area contributed by atoms with Gasteiger partial charge in [0.25, 0.3) is 5.56 Å². The number of aliphatic hydroxyl groups excluding tert-OH is 1. The van der Waals surface area contributed by atoms with Crippen LogP contribution in [0.5, 0.6) is 23.0 Å². The topological polar surface area (TPSA) is 115 Å². The van der Waals surface area contributed by atoms with Gasteiger partial charge in [-0.05, 0) is 42.0 Å². The first-order valence-corrected chi connectivity index (χ1v) is 19.9. The number of para-hydroxylation sites is 5. The van der Waals surface area contributed by atoms with Gasteiger partial charge in [-0.3, -0.25) is 14.3 Å². The van der Waals surface area contributed by atoms with Crippen LogP contribution in [0, 0.1) is 11.8 Å². The molecule has 296 valence electrons. The third kappa shape index (κ3) is 6.55. The molecule has 6 aromatic carbocycles. The van der Waals surface area contributed by atoms with Crippen molar-refractivity contribution in [2.24, 2.45) is 0 Å². The van der Waals surface area contributed by atoms with Crippen LogP contribution in [0.3, 0.4) is 0 Å². The smallest absolute Gasteiger partial charge is 0.330 e. The second-order valence-corrected chi connectivity index (χ2v) is 14.9. The molecule has 0 aliphatic carbocycles. The summed E-state index contributed by atoms with van der Waals surface area (Å²) in [6.07, 6.45) is -1.18. The molecule has 1 unspecified atom stereocenters. The summed E-state index contributed by atoms with van der Waals surface area (Å²) in [6.45, 7) is 0.224. The first-order chi connectivity index (χ1) is 29.5. The molecular formula is C50H39N3O7. The van der Waals surface area contributed by atoms with E-state index in [-0.39, 0.29) is 31.2 Å². The largest absolute Gasteiger partial charge is 0.457 e. The Morgan fingerprint density at radius 2 is 1.27 bits per heavy atom. The molecule has 60 heavy (non-hydrogen) atoms. The highest BCUT2D eigenvalue weighted by atomic mass is 16.6. The van der Waals surface area contributed by atoms with Crippen molar-refractivity contribution in [3.8, 4) is 34.8 Å². The summed E-state index contributed by atoms with van der Waals surface area (Å²) in [4.78, 5) is 31.2. The van der Waals surface area contributed by atoms with Gasteiger partial charge >= 0.3 is 5.69 Å². The fourth-order valence-corrected chi connectivity index (χ4v) is 8.60. The summed E-state index contributed by atoms with van der Waals surface area (Å²) in [5.41, 5.74) is 3.15. The Labute approximate surface area is 345 Å². The minimum atomic E-state index is -1.09. The molecule has 0 amide bonds. The SMILES string of the molecule is O=c1[nH]c(=O)n([C@@H]2CC(O)[C@H](COC3(c4ccccc4)c4ccccc4Oc4ccccc43)O2)cc1C#CCN(c1ccccc1)C1c2ccccc2Oc2ccccc21. The zero-order valence-corrected chi connectivity index (χ0v) is 32.3. The van der Waals surface area contributed by atoms with E-state index in [1.54, 1.807) is 0 Å². The Kier molecular flexibility index (Phi) is 9.62. The monoisotopic (exact) mass is 793 g/mol. The van der Waals surface area contributed by atoms with Crippen LogP contribution in [-0.2, 0) is 15.1 Å². The standard InChI is InChI=1S/C50H39N3O7/c54-40-30-46(60-45(40)32-57-50(34-17-3-1-4-18-34)38-23-9-13-27-43(38)59-44-28-14-10-24-39(44)50)53-31-33(48(55)51-49(53)56)16-15-29-52(35-19-5-2-6-20-35)47-36-21-7-11-25-41(36)58-42-26-12-8-22-37(42)47/h1-14,17-28,31,40,45-47,54H,29-30,32H2,(H,51,55,56)/t40?,45-,46-/m0/s1. The second-order valence-electron chi connectivity index (χ2n) is 14.9. The van der Waals surface area contributed by atoms with Gasteiger partial charge in [0.15, 0.2) is 5.60 Å². The summed E-state index contributed by atoms with van der Waals surface area (Å²) in [7, 11) is 0. The molecule has 3 atom stereocenters. The quantitative estimate of drug-likeness (QED) is 0.149. The molecule has 0 radical (unpaired) electrons. The van der Waals surface area contributed by atoms with Gasteiger partial charge < -0.3 is 29.0 Å². The van der Waals surface area contributed by atoms with Crippen molar-refractivity contribution in [3.63, 3.8) is 0 Å². The molecular weight excluding hydrogens is 755 g/mol. The molecule has 4 heterocycles. The highest BCUT2D eigenvalue weighted by molar-refractivity contribution is 5.63. The van der Waals surface area contributed by atoms with Crippen molar-refractivity contribution in [2.45, 2.75) is 36.5 Å². The number of H-pyrrole nitrogens is 1. The third-order valence-electron chi connectivity index (χ3n) is 11.4. The van der Waals surface area contributed by atoms with Crippen LogP contribution in [0.4, 0.5) is 5.69 Å². The molecule has 2 N–H and O–H groups in total. The van der Waals surface area contributed by atoms with Gasteiger partial charge in [-0.25, -0.2) is 4.79 Å². The first kappa shape index (κ1) is 37.1. The lowest BCUT2D eigenvalue weighted by Gasteiger charge is -2.41. The molecule has 0 saturated carbocycles. The van der Waals surface area contributed by atoms with Crippen LogP contribution in [-0.4, -0.2) is 40.0 Å². The Bertz CT molecular complexity index is 2790. The first-order valence-electron chi connectivity index (χ1n) is 19.9. The van der Waals surface area contributed by atoms with Crippen LogP contribution in [0.1, 0.15) is 52.1 Å². The third-order valence-corrected chi connectivity index (χ3v) is 11.4. The molecule has 1 aromatic heterocycles. The number of nitrogens with zero attached hydrogens (tertiary/aromatic N) is 2. The van der Waals surface area contributed by atoms with E-state index in [0.717, 1.165) is 45.0 Å². The number of hydrogen-bond donors (Lipinski definition) is 2. The Balaban J connectivity index is 0.937. The highest BCUT2D eigenvalue weighted by Crippen LogP contribution is 2.53. The maximum Gasteiger partial charge on any atom is 0.330 e. The Morgan fingerprint density at radius 1 is 0.717 bits per heavy atom. The fraction of sp³-hybridized carbons (Fsp3) is 0.160.